The molecular formula is C17H15N5O5S. The molecule has 0 amide bonds. The van der Waals surface area contributed by atoms with E-state index < -0.39 is 20.7 Å². The number of phenolic OH excluding ortho intramolecular Hbond substituents is 1. The van der Waals surface area contributed by atoms with Gasteiger partial charge in [0.25, 0.3) is 5.69 Å². The standard InChI is InChI=1S/C17H15N5O5S/c1-19-28(26,27)12-4-5-13-10(8-12)2-6-14(18)17(13)21-20-15-7-3-11(22(24)25)9-16(15)23/h2-9,19,23H,18H2,1H3. The van der Waals surface area contributed by atoms with Gasteiger partial charge in [-0.25, -0.2) is 13.1 Å². The number of non-ortho nitro benzene ring substituents is 1. The fourth-order valence-electron chi connectivity index (χ4n) is 2.52. The average molecular weight is 401 g/mol. The van der Waals surface area contributed by atoms with Crippen LogP contribution in [0.5, 0.6) is 5.75 Å². The van der Waals surface area contributed by atoms with Crippen molar-refractivity contribution in [3.8, 4) is 5.75 Å². The van der Waals surface area contributed by atoms with Crippen molar-refractivity contribution in [2.75, 3.05) is 12.8 Å². The molecule has 0 saturated carbocycles. The van der Waals surface area contributed by atoms with Crippen molar-refractivity contribution < 1.29 is 18.4 Å². The Morgan fingerprint density at radius 3 is 2.50 bits per heavy atom. The molecule has 0 bridgehead atoms. The number of hydrogen-bond acceptors (Lipinski definition) is 8. The van der Waals surface area contributed by atoms with Gasteiger partial charge in [-0.1, -0.05) is 12.1 Å². The molecule has 0 aliphatic carbocycles. The Morgan fingerprint density at radius 2 is 1.86 bits per heavy atom. The third-order valence-electron chi connectivity index (χ3n) is 4.00. The van der Waals surface area contributed by atoms with Crippen LogP contribution in [0.1, 0.15) is 0 Å². The number of nitrogens with one attached hydrogen (secondary N) is 1. The number of nitrogens with two attached hydrogens (primary N) is 1. The second-order valence-electron chi connectivity index (χ2n) is 5.72. The van der Waals surface area contributed by atoms with E-state index in [1.807, 2.05) is 0 Å². The smallest absolute Gasteiger partial charge is 0.273 e. The number of rotatable bonds is 5. The maximum absolute atomic E-state index is 12.0. The lowest BCUT2D eigenvalue weighted by Crippen LogP contribution is -2.18. The van der Waals surface area contributed by atoms with Crippen LogP contribution in [0.4, 0.5) is 22.7 Å². The first-order valence-corrected chi connectivity index (χ1v) is 9.36. The molecule has 0 spiro atoms. The van der Waals surface area contributed by atoms with Gasteiger partial charge in [-0.2, -0.15) is 0 Å². The van der Waals surface area contributed by atoms with Gasteiger partial charge in [0.2, 0.25) is 10.0 Å². The summed E-state index contributed by atoms with van der Waals surface area (Å²) in [4.78, 5) is 10.2. The summed E-state index contributed by atoms with van der Waals surface area (Å²) in [5.41, 5.74) is 6.29. The van der Waals surface area contributed by atoms with Crippen LogP contribution in [-0.2, 0) is 10.0 Å². The van der Waals surface area contributed by atoms with Crippen LogP contribution in [0.2, 0.25) is 0 Å². The minimum absolute atomic E-state index is 0.0244. The number of phenols is 1. The number of nitro benzene ring substituents is 1. The predicted molar refractivity (Wildman–Crippen MR) is 104 cm³/mol. The van der Waals surface area contributed by atoms with E-state index in [-0.39, 0.29) is 22.0 Å². The molecule has 28 heavy (non-hydrogen) atoms. The molecule has 0 aliphatic heterocycles. The molecule has 4 N–H and O–H groups in total. The Kier molecular flexibility index (Phi) is 4.94. The highest BCUT2D eigenvalue weighted by molar-refractivity contribution is 7.89. The van der Waals surface area contributed by atoms with Crippen molar-refractivity contribution in [1.29, 1.82) is 0 Å². The normalized spacial score (nSPS) is 11.9. The number of aromatic hydroxyl groups is 1. The second kappa shape index (κ2) is 7.21. The molecule has 0 heterocycles. The first kappa shape index (κ1) is 19.2. The lowest BCUT2D eigenvalue weighted by molar-refractivity contribution is -0.384. The lowest BCUT2D eigenvalue weighted by Gasteiger charge is -2.08. The number of fused-ring (bicyclic) bond motifs is 1. The van der Waals surface area contributed by atoms with Crippen LogP contribution < -0.4 is 10.5 Å². The van der Waals surface area contributed by atoms with Gasteiger partial charge in [-0.3, -0.25) is 10.1 Å². The lowest BCUT2D eigenvalue weighted by atomic mass is 10.1. The Labute approximate surface area is 159 Å². The highest BCUT2D eigenvalue weighted by atomic mass is 32.2. The molecule has 11 heteroatoms. The second-order valence-corrected chi connectivity index (χ2v) is 7.61. The third-order valence-corrected chi connectivity index (χ3v) is 5.41. The summed E-state index contributed by atoms with van der Waals surface area (Å²) in [6.45, 7) is 0. The van der Waals surface area contributed by atoms with Crippen LogP contribution in [0.3, 0.4) is 0 Å². The third kappa shape index (κ3) is 3.61. The van der Waals surface area contributed by atoms with Crippen molar-refractivity contribution in [2.24, 2.45) is 10.2 Å². The highest BCUT2D eigenvalue weighted by Gasteiger charge is 2.14. The fourth-order valence-corrected chi connectivity index (χ4v) is 3.28. The zero-order valence-electron chi connectivity index (χ0n) is 14.5. The van der Waals surface area contributed by atoms with E-state index in [1.165, 1.54) is 31.3 Å². The monoisotopic (exact) mass is 401 g/mol. The van der Waals surface area contributed by atoms with E-state index in [9.17, 15) is 23.6 Å². The van der Waals surface area contributed by atoms with E-state index in [1.54, 1.807) is 18.2 Å². The molecule has 10 nitrogen and oxygen atoms in total. The van der Waals surface area contributed by atoms with Crippen molar-refractivity contribution >= 4 is 43.5 Å². The topological polar surface area (TPSA) is 160 Å². The first-order chi connectivity index (χ1) is 13.2. The molecule has 0 radical (unpaired) electrons. The summed E-state index contributed by atoms with van der Waals surface area (Å²) in [5.74, 6) is -0.404. The number of anilines is 1. The van der Waals surface area contributed by atoms with Crippen LogP contribution in [0, 0.1) is 10.1 Å². The Bertz CT molecular complexity index is 1220. The van der Waals surface area contributed by atoms with Gasteiger partial charge in [0.1, 0.15) is 17.1 Å². The molecular weight excluding hydrogens is 386 g/mol. The molecule has 0 aliphatic rings. The first-order valence-electron chi connectivity index (χ1n) is 7.88. The molecule has 0 fully saturated rings. The van der Waals surface area contributed by atoms with E-state index in [0.29, 0.717) is 16.5 Å². The van der Waals surface area contributed by atoms with Gasteiger partial charge in [-0.05, 0) is 36.7 Å². The predicted octanol–water partition coefficient (Wildman–Crippen LogP) is 3.36. The van der Waals surface area contributed by atoms with Crippen LogP contribution in [0.15, 0.2) is 63.7 Å². The van der Waals surface area contributed by atoms with E-state index in [0.717, 1.165) is 6.07 Å². The van der Waals surface area contributed by atoms with Crippen LogP contribution >= 0.6 is 0 Å². The molecule has 144 valence electrons. The minimum atomic E-state index is -3.61. The van der Waals surface area contributed by atoms with Crippen molar-refractivity contribution in [1.82, 2.24) is 4.72 Å². The molecule has 0 atom stereocenters. The number of hydrogen-bond donors (Lipinski definition) is 3. The quantitative estimate of drug-likeness (QED) is 0.257. The van der Waals surface area contributed by atoms with Gasteiger partial charge < -0.3 is 10.8 Å². The van der Waals surface area contributed by atoms with E-state index >= 15 is 0 Å². The summed E-state index contributed by atoms with van der Waals surface area (Å²) < 4.78 is 26.2. The van der Waals surface area contributed by atoms with Gasteiger partial charge in [0.15, 0.2) is 0 Å². The maximum Gasteiger partial charge on any atom is 0.273 e. The van der Waals surface area contributed by atoms with Crippen molar-refractivity contribution in [3.63, 3.8) is 0 Å². The summed E-state index contributed by atoms with van der Waals surface area (Å²) in [7, 11) is -2.29. The van der Waals surface area contributed by atoms with Gasteiger partial charge >= 0.3 is 0 Å². The SMILES string of the molecule is CNS(=O)(=O)c1ccc2c(N=Nc3ccc([N+](=O)[O-])cc3O)c(N)ccc2c1. The van der Waals surface area contributed by atoms with Crippen LogP contribution in [0.25, 0.3) is 10.8 Å². The molecule has 0 unspecified atom stereocenters. The fraction of sp³-hybridized carbons (Fsp3) is 0.0588. The number of nitrogen functional groups attached to an aromatic ring is 1. The summed E-state index contributed by atoms with van der Waals surface area (Å²) >= 11 is 0. The molecule has 3 aromatic carbocycles. The Morgan fingerprint density at radius 1 is 1.11 bits per heavy atom. The van der Waals surface area contributed by atoms with Gasteiger partial charge in [0.05, 0.1) is 21.6 Å². The van der Waals surface area contributed by atoms with E-state index in [2.05, 4.69) is 15.0 Å². The summed E-state index contributed by atoms with van der Waals surface area (Å²) in [6, 6.07) is 11.1. The van der Waals surface area contributed by atoms with Crippen LogP contribution in [-0.4, -0.2) is 25.5 Å². The zero-order valence-corrected chi connectivity index (χ0v) is 15.3. The maximum atomic E-state index is 12.0. The molecule has 3 rings (SSSR count). The van der Waals surface area contributed by atoms with Crippen molar-refractivity contribution in [3.05, 3.63) is 58.6 Å². The minimum Gasteiger partial charge on any atom is -0.505 e. The Balaban J connectivity index is 2.07. The number of azo groups is 1. The Hall–Kier alpha value is -3.57. The molecule has 0 aromatic heterocycles. The van der Waals surface area contributed by atoms with Gasteiger partial charge in [-0.15, -0.1) is 10.2 Å². The summed E-state index contributed by atoms with van der Waals surface area (Å²) in [6.07, 6.45) is 0. The average Bonchev–Trinajstić information content (AvgIpc) is 2.67. The van der Waals surface area contributed by atoms with Gasteiger partial charge in [0, 0.05) is 11.5 Å². The zero-order chi connectivity index (χ0) is 20.5. The van der Waals surface area contributed by atoms with E-state index in [4.69, 9.17) is 5.73 Å². The highest BCUT2D eigenvalue weighted by Crippen LogP contribution is 2.36. The molecule has 3 aromatic rings. The number of sulfonamides is 1. The number of nitro groups is 1. The summed E-state index contributed by atoms with van der Waals surface area (Å²) in [5, 5.41) is 29.7. The van der Waals surface area contributed by atoms with Crippen molar-refractivity contribution in [2.45, 2.75) is 4.90 Å². The molecule has 0 saturated heterocycles. The largest absolute Gasteiger partial charge is 0.505 e. The number of nitrogens with zero attached hydrogens (tertiary/aromatic N) is 3. The number of benzene rings is 3.